The van der Waals surface area contributed by atoms with E-state index < -0.39 is 0 Å². The lowest BCUT2D eigenvalue weighted by atomic mass is 10.2. The average molecular weight is 400 g/mol. The predicted octanol–water partition coefficient (Wildman–Crippen LogP) is 5.84. The molecule has 0 aliphatic rings. The smallest absolute Gasteiger partial charge is 0.219 e. The molecule has 1 N–H and O–H groups in total. The minimum Gasteiger partial charge on any atom is -0.497 e. The van der Waals surface area contributed by atoms with Crippen LogP contribution >= 0.6 is 0 Å². The zero-order chi connectivity index (χ0) is 21.2. The Kier molecular flexibility index (Phi) is 7.33. The molecule has 0 spiro atoms. The molecule has 30 heavy (non-hydrogen) atoms. The van der Waals surface area contributed by atoms with E-state index in [2.05, 4.69) is 20.3 Å². The second-order valence-electron chi connectivity index (χ2n) is 6.18. The fourth-order valence-electron chi connectivity index (χ4n) is 2.53. The van der Waals surface area contributed by atoms with Gasteiger partial charge in [0.05, 0.1) is 13.3 Å². The van der Waals surface area contributed by atoms with Crippen LogP contribution in [0.2, 0.25) is 0 Å². The van der Waals surface area contributed by atoms with E-state index in [0.29, 0.717) is 29.0 Å². The number of benzene rings is 1. The molecule has 0 aliphatic heterocycles. The van der Waals surface area contributed by atoms with Crippen molar-refractivity contribution in [2.45, 2.75) is 13.8 Å². The SMILES string of the molecule is C\C=C(/N=C/C=C/C)Nc1cccc(-c2cnc(/C=C/c3ccc(OC)cc3)o2)n1. The van der Waals surface area contributed by atoms with Crippen molar-refractivity contribution in [2.24, 2.45) is 4.99 Å². The molecule has 1 aromatic carbocycles. The highest BCUT2D eigenvalue weighted by atomic mass is 16.5. The molecule has 152 valence electrons. The van der Waals surface area contributed by atoms with Crippen LogP contribution < -0.4 is 10.1 Å². The van der Waals surface area contributed by atoms with Crippen molar-refractivity contribution < 1.29 is 9.15 Å². The summed E-state index contributed by atoms with van der Waals surface area (Å²) in [7, 11) is 1.65. The summed E-state index contributed by atoms with van der Waals surface area (Å²) in [4.78, 5) is 13.3. The topological polar surface area (TPSA) is 72.5 Å². The van der Waals surface area contributed by atoms with Crippen molar-refractivity contribution in [2.75, 3.05) is 12.4 Å². The van der Waals surface area contributed by atoms with Gasteiger partial charge in [0.1, 0.15) is 23.1 Å². The molecule has 0 fully saturated rings. The first-order valence-corrected chi connectivity index (χ1v) is 9.56. The fraction of sp³-hybridized carbons (Fsp3) is 0.125. The summed E-state index contributed by atoms with van der Waals surface area (Å²) in [5.41, 5.74) is 1.71. The van der Waals surface area contributed by atoms with Gasteiger partial charge in [-0.15, -0.1) is 0 Å². The summed E-state index contributed by atoms with van der Waals surface area (Å²) >= 11 is 0. The Bertz CT molecular complexity index is 1080. The number of nitrogens with zero attached hydrogens (tertiary/aromatic N) is 3. The van der Waals surface area contributed by atoms with Gasteiger partial charge in [-0.3, -0.25) is 0 Å². The van der Waals surface area contributed by atoms with Crippen LogP contribution in [0.3, 0.4) is 0 Å². The summed E-state index contributed by atoms with van der Waals surface area (Å²) in [5, 5.41) is 3.19. The van der Waals surface area contributed by atoms with Gasteiger partial charge in [-0.05, 0) is 61.9 Å². The number of oxazole rings is 1. The Morgan fingerprint density at radius 3 is 2.67 bits per heavy atom. The van der Waals surface area contributed by atoms with Gasteiger partial charge in [-0.1, -0.05) is 24.3 Å². The van der Waals surface area contributed by atoms with E-state index >= 15 is 0 Å². The maximum absolute atomic E-state index is 5.84. The van der Waals surface area contributed by atoms with Gasteiger partial charge in [-0.25, -0.2) is 15.0 Å². The van der Waals surface area contributed by atoms with Gasteiger partial charge in [0.15, 0.2) is 5.76 Å². The van der Waals surface area contributed by atoms with Gasteiger partial charge in [0, 0.05) is 12.3 Å². The standard InChI is InChI=1S/C24H24N4O2/c1-4-6-16-25-22(5-2)28-23-9-7-8-20(27-23)21-17-26-24(30-21)15-12-18-10-13-19(29-3)14-11-18/h4-17H,1-3H3,(H,27,28)/b6-4+,15-12+,22-5+,25-16+. The number of aromatic nitrogens is 2. The van der Waals surface area contributed by atoms with Crippen LogP contribution in [0.15, 0.2) is 82.1 Å². The number of nitrogens with one attached hydrogen (secondary N) is 1. The molecule has 0 bridgehead atoms. The summed E-state index contributed by atoms with van der Waals surface area (Å²) in [6.07, 6.45) is 12.8. The molecule has 0 saturated carbocycles. The fourth-order valence-corrected chi connectivity index (χ4v) is 2.53. The Balaban J connectivity index is 1.72. The monoisotopic (exact) mass is 400 g/mol. The van der Waals surface area contributed by atoms with Crippen LogP contribution in [0.4, 0.5) is 5.82 Å². The van der Waals surface area contributed by atoms with E-state index in [9.17, 15) is 0 Å². The second-order valence-corrected chi connectivity index (χ2v) is 6.18. The van der Waals surface area contributed by atoms with Crippen LogP contribution in [0.5, 0.6) is 5.75 Å². The molecule has 0 aliphatic carbocycles. The molecule has 0 atom stereocenters. The van der Waals surface area contributed by atoms with Crippen LogP contribution in [-0.4, -0.2) is 23.3 Å². The zero-order valence-corrected chi connectivity index (χ0v) is 17.2. The van der Waals surface area contributed by atoms with Crippen LogP contribution in [0.1, 0.15) is 25.3 Å². The van der Waals surface area contributed by atoms with Crippen molar-refractivity contribution in [3.05, 3.63) is 84.2 Å². The molecule has 0 amide bonds. The molecule has 0 saturated heterocycles. The Labute approximate surface area is 176 Å². The number of anilines is 1. The normalized spacial score (nSPS) is 12.3. The number of pyridine rings is 1. The highest BCUT2D eigenvalue weighted by Gasteiger charge is 2.07. The summed E-state index contributed by atoms with van der Waals surface area (Å²) in [5.74, 6) is 3.29. The Morgan fingerprint density at radius 1 is 1.10 bits per heavy atom. The minimum atomic E-state index is 0.506. The van der Waals surface area contributed by atoms with Gasteiger partial charge >= 0.3 is 0 Å². The van der Waals surface area contributed by atoms with Crippen LogP contribution in [0, 0.1) is 0 Å². The summed E-state index contributed by atoms with van der Waals surface area (Å²) in [6.45, 7) is 3.86. The zero-order valence-electron chi connectivity index (χ0n) is 17.2. The number of aliphatic imine (C=N–C) groups is 1. The van der Waals surface area contributed by atoms with E-state index in [4.69, 9.17) is 9.15 Å². The molecular formula is C24H24N4O2. The Hall–Kier alpha value is -3.93. The molecule has 6 heteroatoms. The number of allylic oxidation sites excluding steroid dienone is 3. The molecule has 6 nitrogen and oxygen atoms in total. The first-order chi connectivity index (χ1) is 14.7. The molecule has 2 heterocycles. The first kappa shape index (κ1) is 20.8. The van der Waals surface area contributed by atoms with E-state index in [0.717, 1.165) is 11.3 Å². The molecule has 3 aromatic rings. The van der Waals surface area contributed by atoms with E-state index in [1.165, 1.54) is 0 Å². The van der Waals surface area contributed by atoms with Crippen molar-refractivity contribution in [1.29, 1.82) is 0 Å². The first-order valence-electron chi connectivity index (χ1n) is 9.56. The number of rotatable bonds is 8. The molecule has 0 radical (unpaired) electrons. The molecule has 0 unspecified atom stereocenters. The Morgan fingerprint density at radius 2 is 1.93 bits per heavy atom. The predicted molar refractivity (Wildman–Crippen MR) is 122 cm³/mol. The lowest BCUT2D eigenvalue weighted by Crippen LogP contribution is -1.99. The third-order valence-electron chi connectivity index (χ3n) is 4.08. The number of ether oxygens (including phenoxy) is 1. The lowest BCUT2D eigenvalue weighted by Gasteiger charge is -2.06. The van der Waals surface area contributed by atoms with E-state index in [1.807, 2.05) is 86.7 Å². The number of hydrogen-bond donors (Lipinski definition) is 1. The van der Waals surface area contributed by atoms with Crippen molar-refractivity contribution in [3.8, 4) is 17.2 Å². The maximum atomic E-state index is 5.84. The van der Waals surface area contributed by atoms with Gasteiger partial charge in [-0.2, -0.15) is 0 Å². The second kappa shape index (κ2) is 10.6. The van der Waals surface area contributed by atoms with E-state index in [1.54, 1.807) is 19.5 Å². The van der Waals surface area contributed by atoms with Gasteiger partial charge in [0.2, 0.25) is 5.89 Å². The van der Waals surface area contributed by atoms with Crippen molar-refractivity contribution >= 4 is 24.2 Å². The minimum absolute atomic E-state index is 0.506. The van der Waals surface area contributed by atoms with Crippen molar-refractivity contribution in [1.82, 2.24) is 9.97 Å². The lowest BCUT2D eigenvalue weighted by molar-refractivity contribution is 0.415. The molecular weight excluding hydrogens is 376 g/mol. The highest BCUT2D eigenvalue weighted by Crippen LogP contribution is 2.22. The highest BCUT2D eigenvalue weighted by molar-refractivity contribution is 5.72. The average Bonchev–Trinajstić information content (AvgIpc) is 3.27. The third kappa shape index (κ3) is 5.78. The van der Waals surface area contributed by atoms with Gasteiger partial charge < -0.3 is 14.5 Å². The quantitative estimate of drug-likeness (QED) is 0.481. The number of methoxy groups -OCH3 is 1. The van der Waals surface area contributed by atoms with Crippen LogP contribution in [0.25, 0.3) is 23.6 Å². The largest absolute Gasteiger partial charge is 0.497 e. The third-order valence-corrected chi connectivity index (χ3v) is 4.08. The molecule has 2 aromatic heterocycles. The summed E-state index contributed by atoms with van der Waals surface area (Å²) < 4.78 is 11.0. The summed E-state index contributed by atoms with van der Waals surface area (Å²) in [6, 6.07) is 13.4. The van der Waals surface area contributed by atoms with Crippen molar-refractivity contribution in [3.63, 3.8) is 0 Å². The molecule has 3 rings (SSSR count). The van der Waals surface area contributed by atoms with E-state index in [-0.39, 0.29) is 0 Å². The maximum Gasteiger partial charge on any atom is 0.219 e. The van der Waals surface area contributed by atoms with Gasteiger partial charge in [0.25, 0.3) is 0 Å². The van der Waals surface area contributed by atoms with Crippen LogP contribution in [-0.2, 0) is 0 Å². The number of hydrogen-bond acceptors (Lipinski definition) is 6.